The maximum absolute atomic E-state index is 12.2. The van der Waals surface area contributed by atoms with Gasteiger partial charge in [-0.2, -0.15) is 16.1 Å². The van der Waals surface area contributed by atoms with Crippen LogP contribution >= 0.6 is 34.7 Å². The first-order valence-electron chi connectivity index (χ1n) is 5.04. The van der Waals surface area contributed by atoms with Crippen molar-refractivity contribution in [3.05, 3.63) is 16.5 Å². The number of aryl methyl sites for hydroxylation is 1. The van der Waals surface area contributed by atoms with E-state index in [1.54, 1.807) is 24.9 Å². The van der Waals surface area contributed by atoms with E-state index in [4.69, 9.17) is 11.6 Å². The molecular formula is C10H16ClNO2S3. The van der Waals surface area contributed by atoms with Crippen LogP contribution in [0.25, 0.3) is 0 Å². The van der Waals surface area contributed by atoms with Gasteiger partial charge in [-0.05, 0) is 24.8 Å². The van der Waals surface area contributed by atoms with Gasteiger partial charge >= 0.3 is 0 Å². The summed E-state index contributed by atoms with van der Waals surface area (Å²) in [5.74, 6) is 1.16. The minimum Gasteiger partial charge on any atom is -0.206 e. The Morgan fingerprint density at radius 3 is 2.65 bits per heavy atom. The van der Waals surface area contributed by atoms with Crippen LogP contribution in [0.15, 0.2) is 10.3 Å². The van der Waals surface area contributed by atoms with Crippen molar-refractivity contribution in [1.82, 2.24) is 4.31 Å². The highest BCUT2D eigenvalue weighted by atomic mass is 35.5. The number of sulfonamides is 1. The van der Waals surface area contributed by atoms with Crippen LogP contribution in [0.3, 0.4) is 0 Å². The van der Waals surface area contributed by atoms with Gasteiger partial charge in [-0.1, -0.05) is 0 Å². The predicted octanol–water partition coefficient (Wildman–Crippen LogP) is 2.78. The molecule has 0 amide bonds. The molecule has 0 saturated carbocycles. The normalized spacial score (nSPS) is 12.3. The smallest absolute Gasteiger partial charge is 0.206 e. The lowest BCUT2D eigenvalue weighted by Crippen LogP contribution is -2.28. The number of thioether (sulfide) groups is 1. The summed E-state index contributed by atoms with van der Waals surface area (Å²) in [4.78, 5) is 0.920. The molecule has 98 valence electrons. The Hall–Kier alpha value is 0.250. The molecule has 0 bridgehead atoms. The molecule has 0 aliphatic heterocycles. The van der Waals surface area contributed by atoms with Crippen LogP contribution in [0, 0.1) is 6.92 Å². The lowest BCUT2D eigenvalue weighted by atomic mass is 10.3. The highest BCUT2D eigenvalue weighted by Crippen LogP contribution is 2.29. The fourth-order valence-corrected chi connectivity index (χ4v) is 5.01. The minimum absolute atomic E-state index is 0.362. The molecule has 0 aliphatic carbocycles. The molecule has 0 N–H and O–H groups in total. The first-order valence-corrected chi connectivity index (χ1v) is 9.22. The third-order valence-electron chi connectivity index (χ3n) is 2.39. The molecule has 0 radical (unpaired) electrons. The van der Waals surface area contributed by atoms with Crippen LogP contribution in [-0.4, -0.2) is 38.3 Å². The van der Waals surface area contributed by atoms with Crippen LogP contribution < -0.4 is 0 Å². The first kappa shape index (κ1) is 15.3. The third-order valence-corrected chi connectivity index (χ3v) is 6.95. The lowest BCUT2D eigenvalue weighted by molar-refractivity contribution is 0.490. The van der Waals surface area contributed by atoms with Gasteiger partial charge in [0.15, 0.2) is 0 Å². The summed E-state index contributed by atoms with van der Waals surface area (Å²) >= 11 is 8.65. The molecule has 0 saturated heterocycles. The Balaban J connectivity index is 2.96. The van der Waals surface area contributed by atoms with E-state index >= 15 is 0 Å². The van der Waals surface area contributed by atoms with Crippen molar-refractivity contribution in [2.24, 2.45) is 0 Å². The quantitative estimate of drug-likeness (QED) is 0.758. The summed E-state index contributed by atoms with van der Waals surface area (Å²) in [5, 5.41) is 0. The van der Waals surface area contributed by atoms with Crippen LogP contribution in [0.5, 0.6) is 0 Å². The Morgan fingerprint density at radius 1 is 1.53 bits per heavy atom. The molecule has 0 unspecified atom stereocenters. The van der Waals surface area contributed by atoms with Crippen molar-refractivity contribution < 1.29 is 8.42 Å². The van der Waals surface area contributed by atoms with Crippen LogP contribution in [-0.2, 0) is 15.9 Å². The summed E-state index contributed by atoms with van der Waals surface area (Å²) in [6.45, 7) is 2.41. The van der Waals surface area contributed by atoms with Crippen molar-refractivity contribution in [3.63, 3.8) is 0 Å². The second-order valence-electron chi connectivity index (χ2n) is 3.62. The van der Waals surface area contributed by atoms with Gasteiger partial charge in [0.25, 0.3) is 10.0 Å². The summed E-state index contributed by atoms with van der Waals surface area (Å²) in [7, 11) is -1.73. The van der Waals surface area contributed by atoms with E-state index in [2.05, 4.69) is 0 Å². The molecule has 7 heteroatoms. The van der Waals surface area contributed by atoms with Gasteiger partial charge in [0.1, 0.15) is 4.21 Å². The van der Waals surface area contributed by atoms with E-state index in [0.717, 1.165) is 16.2 Å². The van der Waals surface area contributed by atoms with Gasteiger partial charge in [0.05, 0.1) is 5.88 Å². The molecule has 17 heavy (non-hydrogen) atoms. The first-order chi connectivity index (χ1) is 7.93. The number of thiophene rings is 1. The van der Waals surface area contributed by atoms with Crippen LogP contribution in [0.1, 0.15) is 10.4 Å². The molecule has 0 fully saturated rings. The number of rotatable bonds is 6. The molecular weight excluding hydrogens is 298 g/mol. The molecule has 0 atom stereocenters. The zero-order valence-electron chi connectivity index (χ0n) is 10.1. The SMILES string of the molecule is CSCCN(C)S(=O)(=O)c1cc(C)c(CCl)s1. The lowest BCUT2D eigenvalue weighted by Gasteiger charge is -2.14. The van der Waals surface area contributed by atoms with E-state index in [9.17, 15) is 8.42 Å². The average Bonchev–Trinajstić information content (AvgIpc) is 2.67. The number of hydrogen-bond donors (Lipinski definition) is 0. The summed E-state index contributed by atoms with van der Waals surface area (Å²) in [6, 6.07) is 1.70. The second-order valence-corrected chi connectivity index (χ2v) is 8.29. The average molecular weight is 314 g/mol. The van der Waals surface area contributed by atoms with Crippen molar-refractivity contribution >= 4 is 44.7 Å². The summed E-state index contributed by atoms with van der Waals surface area (Å²) in [6.07, 6.45) is 1.96. The van der Waals surface area contributed by atoms with Crippen molar-refractivity contribution in [3.8, 4) is 0 Å². The number of halogens is 1. The standard InChI is InChI=1S/C10H16ClNO2S3/c1-8-6-10(16-9(8)7-11)17(13,14)12(2)4-5-15-3/h6H,4-5,7H2,1-3H3. The fourth-order valence-electron chi connectivity index (χ4n) is 1.24. The largest absolute Gasteiger partial charge is 0.252 e. The molecule has 1 aromatic rings. The molecule has 1 heterocycles. The Kier molecular flexibility index (Phi) is 5.79. The Labute approximate surface area is 116 Å². The van der Waals surface area contributed by atoms with Gasteiger partial charge in [-0.3, -0.25) is 0 Å². The van der Waals surface area contributed by atoms with Crippen molar-refractivity contribution in [1.29, 1.82) is 0 Å². The number of nitrogens with zero attached hydrogens (tertiary/aromatic N) is 1. The third kappa shape index (κ3) is 3.61. The molecule has 3 nitrogen and oxygen atoms in total. The minimum atomic E-state index is -3.34. The highest BCUT2D eigenvalue weighted by Gasteiger charge is 2.23. The number of hydrogen-bond acceptors (Lipinski definition) is 4. The second kappa shape index (κ2) is 6.43. The molecule has 0 aromatic carbocycles. The predicted molar refractivity (Wildman–Crippen MR) is 76.8 cm³/mol. The summed E-state index contributed by atoms with van der Waals surface area (Å²) in [5.41, 5.74) is 0.946. The van der Waals surface area contributed by atoms with E-state index in [0.29, 0.717) is 16.6 Å². The van der Waals surface area contributed by atoms with Gasteiger partial charge < -0.3 is 0 Å². The van der Waals surface area contributed by atoms with Gasteiger partial charge in [0.2, 0.25) is 0 Å². The maximum Gasteiger partial charge on any atom is 0.252 e. The number of alkyl halides is 1. The fraction of sp³-hybridized carbons (Fsp3) is 0.600. The van der Waals surface area contributed by atoms with Crippen LogP contribution in [0.2, 0.25) is 0 Å². The Morgan fingerprint density at radius 2 is 2.18 bits per heavy atom. The Bertz CT molecular complexity index is 470. The molecule has 1 aromatic heterocycles. The van der Waals surface area contributed by atoms with E-state index in [1.807, 2.05) is 13.2 Å². The van der Waals surface area contributed by atoms with E-state index < -0.39 is 10.0 Å². The van der Waals surface area contributed by atoms with Gasteiger partial charge in [-0.15, -0.1) is 22.9 Å². The highest BCUT2D eigenvalue weighted by molar-refractivity contribution is 7.98. The van der Waals surface area contributed by atoms with Crippen molar-refractivity contribution in [2.45, 2.75) is 17.0 Å². The maximum atomic E-state index is 12.2. The summed E-state index contributed by atoms with van der Waals surface area (Å²) < 4.78 is 26.2. The monoisotopic (exact) mass is 313 g/mol. The molecule has 0 spiro atoms. The van der Waals surface area contributed by atoms with Crippen molar-refractivity contribution in [2.75, 3.05) is 25.6 Å². The van der Waals surface area contributed by atoms with E-state index in [-0.39, 0.29) is 0 Å². The van der Waals surface area contributed by atoms with Gasteiger partial charge in [0, 0.05) is 24.2 Å². The zero-order chi connectivity index (χ0) is 13.1. The topological polar surface area (TPSA) is 37.4 Å². The molecule has 1 rings (SSSR count). The van der Waals surface area contributed by atoms with Crippen LogP contribution in [0.4, 0.5) is 0 Å². The molecule has 0 aliphatic rings. The van der Waals surface area contributed by atoms with Gasteiger partial charge in [-0.25, -0.2) is 8.42 Å². The van der Waals surface area contributed by atoms with E-state index in [1.165, 1.54) is 15.6 Å². The zero-order valence-corrected chi connectivity index (χ0v) is 13.3.